The molecule has 156 valence electrons. The average Bonchev–Trinajstić information content (AvgIpc) is 2.87. The van der Waals surface area contributed by atoms with Gasteiger partial charge in [0.05, 0.1) is 4.88 Å². The summed E-state index contributed by atoms with van der Waals surface area (Å²) < 4.78 is 10.7. The third-order valence-corrected chi connectivity index (χ3v) is 4.62. The van der Waals surface area contributed by atoms with Crippen LogP contribution in [0.2, 0.25) is 5.02 Å². The summed E-state index contributed by atoms with van der Waals surface area (Å²) in [7, 11) is 0. The van der Waals surface area contributed by atoms with E-state index in [2.05, 4.69) is 20.8 Å². The third-order valence-electron chi connectivity index (χ3n) is 2.95. The molecule has 1 heterocycles. The summed E-state index contributed by atoms with van der Waals surface area (Å²) in [6.07, 6.45) is 1.64. The van der Waals surface area contributed by atoms with Crippen LogP contribution in [0.15, 0.2) is 24.3 Å². The quantitative estimate of drug-likeness (QED) is 0.274. The molecule has 0 atom stereocenters. The van der Waals surface area contributed by atoms with E-state index >= 15 is 0 Å². The molecule has 0 N–H and O–H groups in total. The zero-order valence-electron chi connectivity index (χ0n) is 17.9. The van der Waals surface area contributed by atoms with Crippen molar-refractivity contribution in [2.45, 2.75) is 54.1 Å². The van der Waals surface area contributed by atoms with Gasteiger partial charge in [0.1, 0.15) is 10.6 Å². The van der Waals surface area contributed by atoms with Gasteiger partial charge in [-0.15, -0.1) is 11.3 Å². The second-order valence-corrected chi connectivity index (χ2v) is 9.11. The average molecular weight is 661 g/mol. The van der Waals surface area contributed by atoms with Crippen LogP contribution in [-0.4, -0.2) is 24.5 Å². The van der Waals surface area contributed by atoms with Gasteiger partial charge in [0.2, 0.25) is 0 Å². The van der Waals surface area contributed by atoms with E-state index in [1.54, 1.807) is 27.1 Å². The summed E-state index contributed by atoms with van der Waals surface area (Å²) in [5.74, 6) is 1.05. The van der Waals surface area contributed by atoms with Gasteiger partial charge in [-0.2, -0.15) is 20.8 Å². The van der Waals surface area contributed by atoms with Crippen molar-refractivity contribution >= 4 is 35.2 Å². The van der Waals surface area contributed by atoms with E-state index in [1.807, 2.05) is 31.2 Å². The van der Waals surface area contributed by atoms with Gasteiger partial charge >= 0.3 is 37.1 Å². The fraction of sp³-hybridized carbons (Fsp3) is 0.409. The Hall–Kier alpha value is -0.798. The van der Waals surface area contributed by atoms with Crippen molar-refractivity contribution in [1.82, 2.24) is 0 Å². The van der Waals surface area contributed by atoms with Crippen LogP contribution in [0.3, 0.4) is 0 Å². The number of benzene rings is 1. The van der Waals surface area contributed by atoms with Crippen LogP contribution in [0.5, 0.6) is 5.75 Å². The predicted molar refractivity (Wildman–Crippen MR) is 116 cm³/mol. The molecule has 0 unspecified atom stereocenters. The first kappa shape index (κ1) is 28.2. The Labute approximate surface area is 206 Å². The number of hydrogen-bond acceptors (Lipinski definition) is 5. The SMILES string of the molecule is C[C-](C)C.Cc1cccc(-c2sc(C(=O)OC(C)(C)C)c(OC[C-]=O)c2Cl)c1.[U+2]. The molecule has 29 heavy (non-hydrogen) atoms. The first-order valence-electron chi connectivity index (χ1n) is 8.83. The molecule has 0 fully saturated rings. The molecule has 0 radical (unpaired) electrons. The Balaban J connectivity index is 0.00000143. The van der Waals surface area contributed by atoms with E-state index in [4.69, 9.17) is 21.1 Å². The largest absolute Gasteiger partial charge is 2.00 e. The Morgan fingerprint density at radius 3 is 2.31 bits per heavy atom. The first-order valence-corrected chi connectivity index (χ1v) is 10.0. The zero-order chi connectivity index (χ0) is 21.5. The number of rotatable bonds is 5. The van der Waals surface area contributed by atoms with Gasteiger partial charge in [-0.25, -0.2) is 11.1 Å². The molecule has 2 aromatic rings. The summed E-state index contributed by atoms with van der Waals surface area (Å²) in [5.41, 5.74) is 1.30. The Bertz CT molecular complexity index is 807. The molecule has 0 bridgehead atoms. The van der Waals surface area contributed by atoms with Gasteiger partial charge in [0, 0.05) is 0 Å². The number of hydrogen-bond donors (Lipinski definition) is 0. The monoisotopic (exact) mass is 660 g/mol. The van der Waals surface area contributed by atoms with Crippen LogP contribution in [0, 0.1) is 44.0 Å². The minimum atomic E-state index is -0.648. The van der Waals surface area contributed by atoms with Gasteiger partial charge in [-0.1, -0.05) is 41.4 Å². The maximum absolute atomic E-state index is 12.5. The summed E-state index contributed by atoms with van der Waals surface area (Å²) in [6, 6.07) is 7.75. The van der Waals surface area contributed by atoms with Crippen molar-refractivity contribution in [2.24, 2.45) is 0 Å². The normalized spacial score (nSPS) is 10.5. The van der Waals surface area contributed by atoms with Crippen molar-refractivity contribution < 1.29 is 50.2 Å². The van der Waals surface area contributed by atoms with Gasteiger partial charge in [0.15, 0.2) is 10.6 Å². The number of carbonyl (C=O) groups excluding carboxylic acids is 2. The van der Waals surface area contributed by atoms with E-state index in [0.29, 0.717) is 9.90 Å². The smallest absolute Gasteiger partial charge is 0.539 e. The summed E-state index contributed by atoms with van der Waals surface area (Å²) >= 11 is 7.60. The standard InChI is InChI=1S/C18H18ClO4S.C4H9.U/c1-11-6-5-7-12(10-11)15-13(19)14(22-9-8-20)16(24-15)17(21)23-18(2,3)4;1-4(2)3;/h5-7,10H,9H2,1-4H3;1-3H3;/q2*-1;+2. The molecule has 0 aliphatic heterocycles. The topological polar surface area (TPSA) is 52.6 Å². The number of thiophene rings is 1. The Morgan fingerprint density at radius 2 is 1.83 bits per heavy atom. The Kier molecular flexibility index (Phi) is 12.4. The van der Waals surface area contributed by atoms with Crippen molar-refractivity contribution in [2.75, 3.05) is 6.61 Å². The van der Waals surface area contributed by atoms with Crippen molar-refractivity contribution in [3.63, 3.8) is 0 Å². The van der Waals surface area contributed by atoms with Crippen LogP contribution in [0.25, 0.3) is 10.4 Å². The number of esters is 1. The second-order valence-electron chi connectivity index (χ2n) is 7.71. The van der Waals surface area contributed by atoms with Gasteiger partial charge < -0.3 is 20.2 Å². The van der Waals surface area contributed by atoms with Crippen LogP contribution in [0.1, 0.15) is 56.8 Å². The number of halogens is 1. The summed E-state index contributed by atoms with van der Waals surface area (Å²) in [6.45, 7) is 13.3. The van der Waals surface area contributed by atoms with Crippen LogP contribution < -0.4 is 4.74 Å². The number of ether oxygens (including phenoxy) is 2. The van der Waals surface area contributed by atoms with Crippen LogP contribution in [-0.2, 0) is 9.53 Å². The molecule has 2 rings (SSSR count). The fourth-order valence-corrected chi connectivity index (χ4v) is 3.50. The van der Waals surface area contributed by atoms with Gasteiger partial charge in [0.25, 0.3) is 0 Å². The molecule has 0 saturated carbocycles. The van der Waals surface area contributed by atoms with E-state index in [1.165, 1.54) is 17.3 Å². The van der Waals surface area contributed by atoms with Crippen molar-refractivity contribution in [3.05, 3.63) is 45.6 Å². The molecule has 0 spiro atoms. The number of aryl methyl sites for hydroxylation is 1. The summed E-state index contributed by atoms with van der Waals surface area (Å²) in [4.78, 5) is 23.9. The minimum Gasteiger partial charge on any atom is -0.539 e. The maximum Gasteiger partial charge on any atom is 2.00 e. The van der Waals surface area contributed by atoms with E-state index in [0.717, 1.165) is 11.1 Å². The molecule has 7 heteroatoms. The molecule has 1 aromatic heterocycles. The fourth-order valence-electron chi connectivity index (χ4n) is 2.06. The molecule has 0 aliphatic rings. The van der Waals surface area contributed by atoms with Gasteiger partial charge in [-0.3, -0.25) is 0 Å². The molecular weight excluding hydrogens is 634 g/mol. The first-order chi connectivity index (χ1) is 13.0. The van der Waals surface area contributed by atoms with Crippen molar-refractivity contribution in [1.29, 1.82) is 0 Å². The molecular formula is C22H27ClO4SU. The molecule has 1 aromatic carbocycles. The predicted octanol–water partition coefficient (Wildman–Crippen LogP) is 6.44. The van der Waals surface area contributed by atoms with Gasteiger partial charge in [-0.05, 0) is 39.9 Å². The Morgan fingerprint density at radius 1 is 1.24 bits per heavy atom. The van der Waals surface area contributed by atoms with E-state index in [-0.39, 0.29) is 48.3 Å². The van der Waals surface area contributed by atoms with Crippen molar-refractivity contribution in [3.8, 4) is 16.2 Å². The van der Waals surface area contributed by atoms with E-state index in [9.17, 15) is 9.59 Å². The molecule has 0 amide bonds. The molecule has 0 aliphatic carbocycles. The maximum atomic E-state index is 12.5. The minimum absolute atomic E-state index is 0. The van der Waals surface area contributed by atoms with Crippen LogP contribution in [0.4, 0.5) is 0 Å². The third kappa shape index (κ3) is 9.70. The van der Waals surface area contributed by atoms with Crippen LogP contribution >= 0.6 is 22.9 Å². The molecule has 4 nitrogen and oxygen atoms in total. The molecule has 0 saturated heterocycles. The zero-order valence-corrected chi connectivity index (χ0v) is 23.7. The number of carbonyl (C=O) groups is 1. The summed E-state index contributed by atoms with van der Waals surface area (Å²) in [5, 5.41) is 0.293. The second kappa shape index (κ2) is 12.8. The van der Waals surface area contributed by atoms with E-state index < -0.39 is 11.6 Å².